The molecule has 0 bridgehead atoms. The number of carboxylic acid groups (broad SMARTS) is 2. The summed E-state index contributed by atoms with van der Waals surface area (Å²) in [7, 11) is 0. The maximum Gasteiger partial charge on any atom is 0.326 e. The lowest BCUT2D eigenvalue weighted by molar-refractivity contribution is -0.440. The van der Waals surface area contributed by atoms with Gasteiger partial charge in [0.05, 0.1) is 17.6 Å². The van der Waals surface area contributed by atoms with Crippen LogP contribution in [-0.2, 0) is 19.3 Å². The number of nitrogens with zero attached hydrogens (tertiary/aromatic N) is 1. The predicted octanol–water partition coefficient (Wildman–Crippen LogP) is 1.68. The molecule has 0 amide bonds. The van der Waals surface area contributed by atoms with Gasteiger partial charge in [0.15, 0.2) is 6.04 Å². The van der Waals surface area contributed by atoms with Crippen molar-refractivity contribution in [1.29, 1.82) is 0 Å². The van der Waals surface area contributed by atoms with Gasteiger partial charge >= 0.3 is 11.9 Å². The zero-order valence-corrected chi connectivity index (χ0v) is 12.3. The molecule has 0 saturated heterocycles. The van der Waals surface area contributed by atoms with Crippen molar-refractivity contribution in [1.82, 2.24) is 5.23 Å². The number of rotatable bonds is 6. The molecule has 0 radical (unpaired) electrons. The molecule has 0 aromatic heterocycles. The Labute approximate surface area is 113 Å². The van der Waals surface area contributed by atoms with Crippen LogP contribution in [0.1, 0.15) is 48.0 Å². The van der Waals surface area contributed by atoms with Crippen molar-refractivity contribution < 1.29 is 29.5 Å². The number of hydroxylamine groups is 2. The molecule has 0 aliphatic carbocycles. The molecule has 0 spiro atoms. The lowest BCUT2D eigenvalue weighted by atomic mass is 10.2. The van der Waals surface area contributed by atoms with E-state index in [1.807, 2.05) is 0 Å². The van der Waals surface area contributed by atoms with Crippen molar-refractivity contribution in [3.05, 3.63) is 0 Å². The van der Waals surface area contributed by atoms with E-state index in [0.717, 1.165) is 5.23 Å². The van der Waals surface area contributed by atoms with E-state index >= 15 is 0 Å². The molecule has 7 heteroatoms. The van der Waals surface area contributed by atoms with E-state index in [0.29, 0.717) is 0 Å². The van der Waals surface area contributed by atoms with E-state index in [9.17, 15) is 9.59 Å². The molecular formula is C12H23NO6. The van der Waals surface area contributed by atoms with Crippen LogP contribution >= 0.6 is 0 Å². The summed E-state index contributed by atoms with van der Waals surface area (Å²) in [4.78, 5) is 32.7. The van der Waals surface area contributed by atoms with Crippen LogP contribution in [0.5, 0.6) is 0 Å². The summed E-state index contributed by atoms with van der Waals surface area (Å²) in [5.74, 6) is -2.57. The molecule has 0 unspecified atom stereocenters. The second-order valence-corrected chi connectivity index (χ2v) is 6.14. The van der Waals surface area contributed by atoms with E-state index in [4.69, 9.17) is 19.9 Å². The summed E-state index contributed by atoms with van der Waals surface area (Å²) in [6.45, 7) is 10.3. The quantitative estimate of drug-likeness (QED) is 0.713. The first-order valence-corrected chi connectivity index (χ1v) is 5.94. The first kappa shape index (κ1) is 17.8. The van der Waals surface area contributed by atoms with E-state index in [1.165, 1.54) is 0 Å². The molecule has 0 saturated carbocycles. The highest BCUT2D eigenvalue weighted by Gasteiger charge is 2.35. The highest BCUT2D eigenvalue weighted by atomic mass is 17.0. The minimum Gasteiger partial charge on any atom is -0.481 e. The van der Waals surface area contributed by atoms with Crippen molar-refractivity contribution in [2.24, 2.45) is 0 Å². The Kier molecular flexibility index (Phi) is 5.92. The first-order valence-electron chi connectivity index (χ1n) is 5.94. The largest absolute Gasteiger partial charge is 0.481 e. The molecule has 0 heterocycles. The first-order chi connectivity index (χ1) is 8.32. The molecule has 7 nitrogen and oxygen atoms in total. The average molecular weight is 277 g/mol. The maximum absolute atomic E-state index is 11.2. The van der Waals surface area contributed by atoms with Crippen molar-refractivity contribution in [3.63, 3.8) is 0 Å². The molecule has 112 valence electrons. The maximum atomic E-state index is 11.2. The summed E-state index contributed by atoms with van der Waals surface area (Å²) in [6, 6.07) is -1.42. The lowest BCUT2D eigenvalue weighted by Gasteiger charge is -2.36. The van der Waals surface area contributed by atoms with Crippen molar-refractivity contribution in [2.45, 2.75) is 65.2 Å². The van der Waals surface area contributed by atoms with Gasteiger partial charge in [-0.1, -0.05) is 5.23 Å². The topological polar surface area (TPSA) is 96.3 Å². The standard InChI is InChI=1S/C12H23NO6/c1-11(2,3)18-13(19-12(4,5)6)8(10(16)17)7-9(14)15/h8H,7H2,1-6H3,(H,14,15)(H,16,17)/t8-/m0/s1. The van der Waals surface area contributed by atoms with Gasteiger partial charge < -0.3 is 10.2 Å². The number of hydrogen-bond acceptors (Lipinski definition) is 5. The van der Waals surface area contributed by atoms with Crippen LogP contribution in [0.25, 0.3) is 0 Å². The number of aliphatic carboxylic acids is 2. The number of carboxylic acids is 2. The number of hydrogen-bond donors (Lipinski definition) is 2. The van der Waals surface area contributed by atoms with Crippen molar-refractivity contribution in [2.75, 3.05) is 0 Å². The fraction of sp³-hybridized carbons (Fsp3) is 0.833. The number of carbonyl (C=O) groups is 2. The van der Waals surface area contributed by atoms with Crippen LogP contribution in [0, 0.1) is 0 Å². The highest BCUT2D eigenvalue weighted by Crippen LogP contribution is 2.20. The Bertz CT molecular complexity index is 312. The van der Waals surface area contributed by atoms with E-state index in [-0.39, 0.29) is 0 Å². The highest BCUT2D eigenvalue weighted by molar-refractivity contribution is 5.80. The average Bonchev–Trinajstić information content (AvgIpc) is 2.07. The van der Waals surface area contributed by atoms with E-state index in [2.05, 4.69) is 0 Å². The molecule has 0 fully saturated rings. The third-order valence-electron chi connectivity index (χ3n) is 1.64. The van der Waals surface area contributed by atoms with Gasteiger partial charge in [-0.3, -0.25) is 19.3 Å². The molecule has 0 rings (SSSR count). The molecule has 0 aliphatic rings. The fourth-order valence-corrected chi connectivity index (χ4v) is 1.10. The van der Waals surface area contributed by atoms with Crippen LogP contribution < -0.4 is 0 Å². The van der Waals surface area contributed by atoms with Gasteiger partial charge in [-0.25, -0.2) is 0 Å². The minimum absolute atomic E-state index is 0.624. The second-order valence-electron chi connectivity index (χ2n) is 6.14. The minimum atomic E-state index is -1.42. The second kappa shape index (κ2) is 6.31. The molecule has 1 atom stereocenters. The molecule has 0 aromatic carbocycles. The Hall–Kier alpha value is -1.18. The summed E-state index contributed by atoms with van der Waals surface area (Å²) < 4.78 is 0. The van der Waals surface area contributed by atoms with Crippen LogP contribution in [-0.4, -0.2) is 44.6 Å². The van der Waals surface area contributed by atoms with Gasteiger partial charge in [0.1, 0.15) is 0 Å². The third kappa shape index (κ3) is 8.52. The molecular weight excluding hydrogens is 254 g/mol. The third-order valence-corrected chi connectivity index (χ3v) is 1.64. The Balaban J connectivity index is 5.15. The molecule has 19 heavy (non-hydrogen) atoms. The van der Waals surface area contributed by atoms with Crippen LogP contribution in [0.2, 0.25) is 0 Å². The summed E-state index contributed by atoms with van der Waals surface area (Å²) in [6.07, 6.45) is -0.624. The lowest BCUT2D eigenvalue weighted by Crippen LogP contribution is -2.49. The van der Waals surface area contributed by atoms with E-state index in [1.54, 1.807) is 41.5 Å². The normalized spacial score (nSPS) is 14.5. The van der Waals surface area contributed by atoms with Crippen LogP contribution in [0.4, 0.5) is 0 Å². The Morgan fingerprint density at radius 2 is 1.37 bits per heavy atom. The van der Waals surface area contributed by atoms with Gasteiger partial charge in [-0.15, -0.1) is 0 Å². The zero-order chi connectivity index (χ0) is 15.4. The van der Waals surface area contributed by atoms with Crippen LogP contribution in [0.3, 0.4) is 0 Å². The Morgan fingerprint density at radius 3 is 1.58 bits per heavy atom. The van der Waals surface area contributed by atoms with Crippen molar-refractivity contribution >= 4 is 11.9 Å². The summed E-state index contributed by atoms with van der Waals surface area (Å²) in [5.41, 5.74) is -1.42. The van der Waals surface area contributed by atoms with Gasteiger partial charge in [-0.05, 0) is 41.5 Å². The molecule has 0 aromatic rings. The summed E-state index contributed by atoms with van der Waals surface area (Å²) >= 11 is 0. The SMILES string of the molecule is CC(C)(C)ON(OC(C)(C)C)[C@@H](CC(=O)O)C(=O)O. The molecule has 2 N–H and O–H groups in total. The fourth-order valence-electron chi connectivity index (χ4n) is 1.10. The van der Waals surface area contributed by atoms with E-state index < -0.39 is 35.6 Å². The predicted molar refractivity (Wildman–Crippen MR) is 67.2 cm³/mol. The van der Waals surface area contributed by atoms with Gasteiger partial charge in [0.25, 0.3) is 0 Å². The molecule has 0 aliphatic heterocycles. The van der Waals surface area contributed by atoms with Gasteiger partial charge in [0.2, 0.25) is 0 Å². The van der Waals surface area contributed by atoms with Gasteiger partial charge in [0, 0.05) is 0 Å². The zero-order valence-electron chi connectivity index (χ0n) is 12.3. The van der Waals surface area contributed by atoms with Gasteiger partial charge in [-0.2, -0.15) is 0 Å². The monoisotopic (exact) mass is 277 g/mol. The van der Waals surface area contributed by atoms with Crippen LogP contribution in [0.15, 0.2) is 0 Å². The summed E-state index contributed by atoms with van der Waals surface area (Å²) in [5, 5.41) is 18.7. The Morgan fingerprint density at radius 1 is 1.00 bits per heavy atom. The van der Waals surface area contributed by atoms with Crippen molar-refractivity contribution in [3.8, 4) is 0 Å². The smallest absolute Gasteiger partial charge is 0.326 e.